The largest absolute Gasteiger partial charge is 0.444 e. The summed E-state index contributed by atoms with van der Waals surface area (Å²) >= 11 is 1.11. The summed E-state index contributed by atoms with van der Waals surface area (Å²) in [6.07, 6.45) is 0.964. The summed E-state index contributed by atoms with van der Waals surface area (Å²) in [6, 6.07) is 6.28. The minimum atomic E-state index is -0.569. The Hall–Kier alpha value is -2.48. The van der Waals surface area contributed by atoms with Crippen molar-refractivity contribution in [3.8, 4) is 10.6 Å². The summed E-state index contributed by atoms with van der Waals surface area (Å²) < 4.78 is 19.0. The average Bonchev–Trinajstić information content (AvgIpc) is 3.03. The molecule has 1 aromatic carbocycles. The fourth-order valence-electron chi connectivity index (χ4n) is 1.99. The molecule has 0 aliphatic heterocycles. The minimum Gasteiger partial charge on any atom is -0.444 e. The van der Waals surface area contributed by atoms with Crippen LogP contribution >= 0.6 is 11.3 Å². The molecule has 0 spiro atoms. The van der Waals surface area contributed by atoms with Gasteiger partial charge in [0.05, 0.1) is 6.20 Å². The van der Waals surface area contributed by atoms with Crippen molar-refractivity contribution in [3.63, 3.8) is 0 Å². The number of hydrogen-bond donors (Lipinski definition) is 1. The second kappa shape index (κ2) is 8.27. The normalized spacial score (nSPS) is 11.1. The quantitative estimate of drug-likeness (QED) is 0.862. The van der Waals surface area contributed by atoms with Crippen LogP contribution in [0.5, 0.6) is 0 Å². The molecule has 8 heteroatoms. The number of nitrogens with one attached hydrogen (secondary N) is 1. The first kappa shape index (κ1) is 19.8. The lowest BCUT2D eigenvalue weighted by atomic mass is 10.2. The second-order valence-electron chi connectivity index (χ2n) is 6.67. The topological polar surface area (TPSA) is 71.5 Å². The number of carbonyl (C=O) groups excluding carboxylic acids is 2. The highest BCUT2D eigenvalue weighted by atomic mass is 32.1. The van der Waals surface area contributed by atoms with E-state index < -0.39 is 11.7 Å². The van der Waals surface area contributed by atoms with E-state index in [0.29, 0.717) is 22.0 Å². The van der Waals surface area contributed by atoms with Gasteiger partial charge in [0.2, 0.25) is 0 Å². The van der Waals surface area contributed by atoms with Gasteiger partial charge in [0.15, 0.2) is 0 Å². The number of rotatable bonds is 5. The maximum absolute atomic E-state index is 13.8. The number of amides is 2. The summed E-state index contributed by atoms with van der Waals surface area (Å²) in [5, 5.41) is 3.16. The van der Waals surface area contributed by atoms with Crippen LogP contribution in [0.25, 0.3) is 10.6 Å². The third-order valence-electron chi connectivity index (χ3n) is 3.27. The maximum Gasteiger partial charge on any atom is 0.410 e. The molecule has 140 valence electrons. The smallest absolute Gasteiger partial charge is 0.410 e. The molecule has 0 aliphatic carbocycles. The number of nitrogens with zero attached hydrogens (tertiary/aromatic N) is 2. The standard InChI is InChI=1S/C18H22FN3O3S/c1-18(2,3)25-17(24)22(4)10-9-20-15(23)14-11-21-16(26-14)12-7-5-6-8-13(12)19/h5-8,11H,9-10H2,1-4H3,(H,20,23). The van der Waals surface area contributed by atoms with Crippen molar-refractivity contribution in [2.45, 2.75) is 26.4 Å². The lowest BCUT2D eigenvalue weighted by Gasteiger charge is -2.24. The van der Waals surface area contributed by atoms with Crippen LogP contribution in [-0.4, -0.2) is 47.6 Å². The Morgan fingerprint density at radius 2 is 2.00 bits per heavy atom. The van der Waals surface area contributed by atoms with Gasteiger partial charge in [-0.3, -0.25) is 4.79 Å². The summed E-state index contributed by atoms with van der Waals surface area (Å²) in [6.45, 7) is 5.94. The van der Waals surface area contributed by atoms with Crippen molar-refractivity contribution in [3.05, 3.63) is 41.2 Å². The van der Waals surface area contributed by atoms with Crippen LogP contribution in [0.3, 0.4) is 0 Å². The minimum absolute atomic E-state index is 0.265. The van der Waals surface area contributed by atoms with Gasteiger partial charge in [-0.1, -0.05) is 12.1 Å². The summed E-state index contributed by atoms with van der Waals surface area (Å²) in [4.78, 5) is 29.9. The molecular formula is C18H22FN3O3S. The fourth-order valence-corrected chi connectivity index (χ4v) is 2.85. The van der Waals surface area contributed by atoms with E-state index in [-0.39, 0.29) is 18.3 Å². The first-order chi connectivity index (χ1) is 12.2. The molecule has 1 heterocycles. The predicted octanol–water partition coefficient (Wildman–Crippen LogP) is 3.55. The Kier molecular flexibility index (Phi) is 6.31. The Bertz CT molecular complexity index is 786. The van der Waals surface area contributed by atoms with Crippen LogP contribution in [0.15, 0.2) is 30.5 Å². The molecule has 2 amide bonds. The Morgan fingerprint density at radius 3 is 2.65 bits per heavy atom. The molecule has 1 N–H and O–H groups in total. The monoisotopic (exact) mass is 379 g/mol. The van der Waals surface area contributed by atoms with Crippen LogP contribution < -0.4 is 5.32 Å². The molecule has 0 aliphatic rings. The molecule has 2 aromatic rings. The van der Waals surface area contributed by atoms with Crippen molar-refractivity contribution in [2.24, 2.45) is 0 Å². The molecule has 0 saturated carbocycles. The van der Waals surface area contributed by atoms with E-state index in [1.165, 1.54) is 17.2 Å². The van der Waals surface area contributed by atoms with E-state index in [1.807, 2.05) is 0 Å². The Morgan fingerprint density at radius 1 is 1.31 bits per heavy atom. The molecule has 0 bridgehead atoms. The second-order valence-corrected chi connectivity index (χ2v) is 7.70. The zero-order valence-electron chi connectivity index (χ0n) is 15.2. The lowest BCUT2D eigenvalue weighted by molar-refractivity contribution is 0.0299. The highest BCUT2D eigenvalue weighted by molar-refractivity contribution is 7.16. The number of hydrogen-bond acceptors (Lipinski definition) is 5. The fraction of sp³-hybridized carbons (Fsp3) is 0.389. The maximum atomic E-state index is 13.8. The van der Waals surface area contributed by atoms with Crippen LogP contribution in [-0.2, 0) is 4.74 Å². The molecule has 0 unspecified atom stereocenters. The van der Waals surface area contributed by atoms with Gasteiger partial charge >= 0.3 is 6.09 Å². The van der Waals surface area contributed by atoms with Crippen molar-refractivity contribution < 1.29 is 18.7 Å². The molecule has 0 fully saturated rings. The lowest BCUT2D eigenvalue weighted by Crippen LogP contribution is -2.39. The number of ether oxygens (including phenoxy) is 1. The van der Waals surface area contributed by atoms with Gasteiger partial charge in [-0.25, -0.2) is 14.2 Å². The molecule has 0 saturated heterocycles. The van der Waals surface area contributed by atoms with Crippen molar-refractivity contribution in [2.75, 3.05) is 20.1 Å². The zero-order valence-corrected chi connectivity index (χ0v) is 16.0. The van der Waals surface area contributed by atoms with Crippen LogP contribution in [0.2, 0.25) is 0 Å². The molecular weight excluding hydrogens is 357 g/mol. The van der Waals surface area contributed by atoms with Crippen molar-refractivity contribution in [1.82, 2.24) is 15.2 Å². The molecule has 6 nitrogen and oxygen atoms in total. The van der Waals surface area contributed by atoms with E-state index >= 15 is 0 Å². The number of thiazole rings is 1. The van der Waals surface area contributed by atoms with E-state index in [2.05, 4.69) is 10.3 Å². The zero-order chi connectivity index (χ0) is 19.3. The van der Waals surface area contributed by atoms with Crippen LogP contribution in [0, 0.1) is 5.82 Å². The van der Waals surface area contributed by atoms with Gasteiger partial charge in [-0.15, -0.1) is 11.3 Å². The van der Waals surface area contributed by atoms with Gasteiger partial charge in [0.25, 0.3) is 5.91 Å². The van der Waals surface area contributed by atoms with Gasteiger partial charge in [-0.2, -0.15) is 0 Å². The van der Waals surface area contributed by atoms with E-state index in [0.717, 1.165) is 11.3 Å². The van der Waals surface area contributed by atoms with Gasteiger partial charge < -0.3 is 15.0 Å². The number of likely N-dealkylation sites (N-methyl/N-ethyl adjacent to an activating group) is 1. The first-order valence-electron chi connectivity index (χ1n) is 8.10. The van der Waals surface area contributed by atoms with Crippen LogP contribution in [0.4, 0.5) is 9.18 Å². The Labute approximate surface area is 156 Å². The highest BCUT2D eigenvalue weighted by Gasteiger charge is 2.19. The molecule has 2 rings (SSSR count). The van der Waals surface area contributed by atoms with Crippen molar-refractivity contribution in [1.29, 1.82) is 0 Å². The first-order valence-corrected chi connectivity index (χ1v) is 8.92. The van der Waals surface area contributed by atoms with Crippen molar-refractivity contribution >= 4 is 23.3 Å². The van der Waals surface area contributed by atoms with Gasteiger partial charge in [0, 0.05) is 25.7 Å². The highest BCUT2D eigenvalue weighted by Crippen LogP contribution is 2.27. The summed E-state index contributed by atoms with van der Waals surface area (Å²) in [5.74, 6) is -0.699. The van der Waals surface area contributed by atoms with E-state index in [9.17, 15) is 14.0 Å². The number of halogens is 1. The predicted molar refractivity (Wildman–Crippen MR) is 98.7 cm³/mol. The molecule has 0 radical (unpaired) electrons. The third-order valence-corrected chi connectivity index (χ3v) is 4.30. The summed E-state index contributed by atoms with van der Waals surface area (Å²) in [5.41, 5.74) is -0.207. The molecule has 26 heavy (non-hydrogen) atoms. The SMILES string of the molecule is CN(CCNC(=O)c1cnc(-c2ccccc2F)s1)C(=O)OC(C)(C)C. The number of carbonyl (C=O) groups is 2. The molecule has 1 aromatic heterocycles. The number of aromatic nitrogens is 1. The van der Waals surface area contributed by atoms with Gasteiger partial charge in [-0.05, 0) is 32.9 Å². The number of benzene rings is 1. The van der Waals surface area contributed by atoms with E-state index in [4.69, 9.17) is 4.74 Å². The average molecular weight is 379 g/mol. The third kappa shape index (κ3) is 5.52. The van der Waals surface area contributed by atoms with E-state index in [1.54, 1.807) is 46.0 Å². The molecule has 0 atom stereocenters. The summed E-state index contributed by atoms with van der Waals surface area (Å²) in [7, 11) is 1.60. The van der Waals surface area contributed by atoms with Gasteiger partial charge in [0.1, 0.15) is 21.3 Å². The van der Waals surface area contributed by atoms with Crippen LogP contribution in [0.1, 0.15) is 30.4 Å². The Balaban J connectivity index is 1.87.